The van der Waals surface area contributed by atoms with Crippen LogP contribution in [0.1, 0.15) is 33.1 Å². The maximum Gasteiger partial charge on any atom is 0.214 e. The van der Waals surface area contributed by atoms with Crippen molar-refractivity contribution in [1.29, 1.82) is 0 Å². The van der Waals surface area contributed by atoms with Gasteiger partial charge in [-0.2, -0.15) is 0 Å². The van der Waals surface area contributed by atoms with E-state index in [2.05, 4.69) is 12.2 Å². The molecular formula is C10H22N2O2S. The van der Waals surface area contributed by atoms with E-state index in [-0.39, 0.29) is 0 Å². The molecule has 1 N–H and O–H groups in total. The van der Waals surface area contributed by atoms with E-state index < -0.39 is 10.0 Å². The lowest BCUT2D eigenvalue weighted by Crippen LogP contribution is -2.35. The third-order valence-corrected chi connectivity index (χ3v) is 4.77. The van der Waals surface area contributed by atoms with Gasteiger partial charge in [0.1, 0.15) is 0 Å². The van der Waals surface area contributed by atoms with Crippen LogP contribution in [0.4, 0.5) is 0 Å². The molecule has 1 fully saturated rings. The van der Waals surface area contributed by atoms with E-state index in [0.29, 0.717) is 24.9 Å². The Morgan fingerprint density at radius 3 is 2.80 bits per heavy atom. The molecule has 4 nitrogen and oxygen atoms in total. The summed E-state index contributed by atoms with van der Waals surface area (Å²) < 4.78 is 25.4. The zero-order valence-corrected chi connectivity index (χ0v) is 10.5. The van der Waals surface area contributed by atoms with Crippen LogP contribution in [0.15, 0.2) is 0 Å². The van der Waals surface area contributed by atoms with Gasteiger partial charge in [0, 0.05) is 25.7 Å². The fraction of sp³-hybridized carbons (Fsp3) is 1.00. The largest absolute Gasteiger partial charge is 0.313 e. The van der Waals surface area contributed by atoms with E-state index in [1.54, 1.807) is 4.31 Å². The monoisotopic (exact) mass is 234 g/mol. The lowest BCUT2D eigenvalue weighted by molar-refractivity contribution is 0.428. The minimum absolute atomic E-state index is 0.303. The molecule has 1 aliphatic rings. The normalized spacial score (nSPS) is 25.1. The maximum absolute atomic E-state index is 11.9. The van der Waals surface area contributed by atoms with Gasteiger partial charge in [0.2, 0.25) is 10.0 Å². The molecule has 0 aromatic heterocycles. The van der Waals surface area contributed by atoms with Crippen molar-refractivity contribution < 1.29 is 8.42 Å². The summed E-state index contributed by atoms with van der Waals surface area (Å²) in [6.07, 6.45) is 2.61. The van der Waals surface area contributed by atoms with E-state index in [0.717, 1.165) is 25.8 Å². The molecule has 0 amide bonds. The lowest BCUT2D eigenvalue weighted by atomic mass is 10.2. The fourth-order valence-electron chi connectivity index (χ4n) is 1.72. The Kier molecular flexibility index (Phi) is 5.02. The molecule has 1 heterocycles. The molecule has 0 saturated carbocycles. The number of hydrogen-bond acceptors (Lipinski definition) is 3. The van der Waals surface area contributed by atoms with Gasteiger partial charge in [0.25, 0.3) is 0 Å². The highest BCUT2D eigenvalue weighted by atomic mass is 32.2. The average molecular weight is 234 g/mol. The van der Waals surface area contributed by atoms with Gasteiger partial charge in [0.15, 0.2) is 0 Å². The van der Waals surface area contributed by atoms with Crippen LogP contribution >= 0.6 is 0 Å². The Bertz CT molecular complexity index is 277. The van der Waals surface area contributed by atoms with Gasteiger partial charge in [-0.25, -0.2) is 12.7 Å². The summed E-state index contributed by atoms with van der Waals surface area (Å²) in [6, 6.07) is 0.427. The first-order valence-electron chi connectivity index (χ1n) is 5.77. The van der Waals surface area contributed by atoms with Crippen molar-refractivity contribution in [1.82, 2.24) is 9.62 Å². The molecule has 0 aliphatic carbocycles. The fourth-order valence-corrected chi connectivity index (χ4v) is 3.39. The van der Waals surface area contributed by atoms with Crippen LogP contribution in [-0.4, -0.2) is 44.2 Å². The maximum atomic E-state index is 11.9. The Morgan fingerprint density at radius 1 is 1.40 bits per heavy atom. The van der Waals surface area contributed by atoms with Gasteiger partial charge in [-0.15, -0.1) is 0 Å². The average Bonchev–Trinajstić information content (AvgIpc) is 2.40. The first kappa shape index (κ1) is 12.9. The molecule has 1 aliphatic heterocycles. The molecule has 0 aromatic rings. The van der Waals surface area contributed by atoms with E-state index >= 15 is 0 Å². The number of unbranched alkanes of at least 4 members (excludes halogenated alkanes) is 1. The molecule has 1 atom stereocenters. The molecule has 0 radical (unpaired) electrons. The second-order valence-corrected chi connectivity index (χ2v) is 6.30. The molecule has 5 heteroatoms. The second-order valence-electron chi connectivity index (χ2n) is 4.21. The van der Waals surface area contributed by atoms with Crippen LogP contribution in [0, 0.1) is 0 Å². The summed E-state index contributed by atoms with van der Waals surface area (Å²) in [4.78, 5) is 0. The van der Waals surface area contributed by atoms with Gasteiger partial charge in [-0.3, -0.25) is 0 Å². The third kappa shape index (κ3) is 4.09. The Hall–Kier alpha value is -0.130. The number of nitrogens with zero attached hydrogens (tertiary/aromatic N) is 1. The number of nitrogens with one attached hydrogen (secondary N) is 1. The van der Waals surface area contributed by atoms with Gasteiger partial charge in [0.05, 0.1) is 5.75 Å². The number of sulfonamides is 1. The topological polar surface area (TPSA) is 49.4 Å². The summed E-state index contributed by atoms with van der Waals surface area (Å²) in [5.74, 6) is 0.303. The molecule has 15 heavy (non-hydrogen) atoms. The minimum atomic E-state index is -3.00. The van der Waals surface area contributed by atoms with Crippen molar-refractivity contribution >= 4 is 10.0 Å². The number of rotatable bonds is 4. The van der Waals surface area contributed by atoms with Crippen LogP contribution in [0.2, 0.25) is 0 Å². The van der Waals surface area contributed by atoms with Gasteiger partial charge < -0.3 is 5.32 Å². The van der Waals surface area contributed by atoms with Crippen molar-refractivity contribution in [2.24, 2.45) is 0 Å². The number of hydrogen-bond donors (Lipinski definition) is 1. The van der Waals surface area contributed by atoms with E-state index in [4.69, 9.17) is 0 Å². The van der Waals surface area contributed by atoms with Crippen LogP contribution in [-0.2, 0) is 10.0 Å². The van der Waals surface area contributed by atoms with Gasteiger partial charge in [-0.05, 0) is 19.8 Å². The summed E-state index contributed by atoms with van der Waals surface area (Å²) >= 11 is 0. The van der Waals surface area contributed by atoms with E-state index in [1.807, 2.05) is 6.92 Å². The Labute approximate surface area is 93.1 Å². The zero-order chi connectivity index (χ0) is 11.3. The predicted molar refractivity (Wildman–Crippen MR) is 62.3 cm³/mol. The smallest absolute Gasteiger partial charge is 0.214 e. The highest BCUT2D eigenvalue weighted by Crippen LogP contribution is 2.09. The molecule has 1 saturated heterocycles. The first-order valence-corrected chi connectivity index (χ1v) is 7.38. The summed E-state index contributed by atoms with van der Waals surface area (Å²) in [5.41, 5.74) is 0. The molecule has 0 spiro atoms. The highest BCUT2D eigenvalue weighted by molar-refractivity contribution is 7.89. The quantitative estimate of drug-likeness (QED) is 0.783. The summed E-state index contributed by atoms with van der Waals surface area (Å²) in [5, 5.41) is 3.30. The highest BCUT2D eigenvalue weighted by Gasteiger charge is 2.23. The predicted octanol–water partition coefficient (Wildman–Crippen LogP) is 0.800. The Morgan fingerprint density at radius 2 is 2.13 bits per heavy atom. The lowest BCUT2D eigenvalue weighted by Gasteiger charge is -2.19. The van der Waals surface area contributed by atoms with E-state index in [1.165, 1.54) is 0 Å². The SMILES string of the molecule is CCCCS(=O)(=O)N1CCNC(C)CC1. The third-order valence-electron chi connectivity index (χ3n) is 2.81. The van der Waals surface area contributed by atoms with Crippen molar-refractivity contribution in [3.8, 4) is 0 Å². The van der Waals surface area contributed by atoms with Crippen LogP contribution in [0.25, 0.3) is 0 Å². The summed E-state index contributed by atoms with van der Waals surface area (Å²) in [7, 11) is -3.00. The van der Waals surface area contributed by atoms with Crippen molar-refractivity contribution in [2.75, 3.05) is 25.4 Å². The van der Waals surface area contributed by atoms with Crippen LogP contribution < -0.4 is 5.32 Å². The van der Waals surface area contributed by atoms with Gasteiger partial charge >= 0.3 is 0 Å². The molecule has 90 valence electrons. The minimum Gasteiger partial charge on any atom is -0.313 e. The molecule has 0 aromatic carbocycles. The first-order chi connectivity index (χ1) is 7.06. The van der Waals surface area contributed by atoms with Crippen LogP contribution in [0.3, 0.4) is 0 Å². The zero-order valence-electron chi connectivity index (χ0n) is 9.70. The van der Waals surface area contributed by atoms with Gasteiger partial charge in [-0.1, -0.05) is 13.3 Å². The standard InChI is InChI=1S/C10H22N2O2S/c1-3-4-9-15(13,14)12-7-5-10(2)11-6-8-12/h10-11H,3-9H2,1-2H3. The van der Waals surface area contributed by atoms with Crippen molar-refractivity contribution in [3.05, 3.63) is 0 Å². The van der Waals surface area contributed by atoms with Crippen molar-refractivity contribution in [3.63, 3.8) is 0 Å². The molecule has 1 unspecified atom stereocenters. The van der Waals surface area contributed by atoms with Crippen LogP contribution in [0.5, 0.6) is 0 Å². The molecule has 0 bridgehead atoms. The summed E-state index contributed by atoms with van der Waals surface area (Å²) in [6.45, 7) is 6.17. The van der Waals surface area contributed by atoms with E-state index in [9.17, 15) is 8.42 Å². The second kappa shape index (κ2) is 5.82. The molecule has 1 rings (SSSR count). The van der Waals surface area contributed by atoms with Crippen molar-refractivity contribution in [2.45, 2.75) is 39.2 Å². The molecular weight excluding hydrogens is 212 g/mol. The Balaban J connectivity index is 2.54.